The molecule has 1 atom stereocenters. The van der Waals surface area contributed by atoms with E-state index >= 15 is 0 Å². The molecule has 0 spiro atoms. The Bertz CT molecular complexity index is 193. The summed E-state index contributed by atoms with van der Waals surface area (Å²) >= 11 is 0. The maximum atomic E-state index is 10.4. The molecule has 1 amide bonds. The molecule has 0 heterocycles. The number of primary amides is 1. The van der Waals surface area contributed by atoms with Crippen molar-refractivity contribution in [1.29, 1.82) is 0 Å². The maximum Gasteiger partial charge on any atom is 0.245 e. The lowest BCUT2D eigenvalue weighted by Crippen LogP contribution is -2.26. The van der Waals surface area contributed by atoms with Crippen molar-refractivity contribution in [3.63, 3.8) is 0 Å². The third-order valence-corrected chi connectivity index (χ3v) is 1.27. The number of nitro groups is 1. The SMILES string of the molecule is NC(=O)C(CCC[N+](=O)[O-])N=O. The van der Waals surface area contributed by atoms with E-state index < -0.39 is 16.9 Å². The number of nitrogens with two attached hydrogens (primary N) is 1. The molecular weight excluding hydrogens is 166 g/mol. The van der Waals surface area contributed by atoms with Crippen LogP contribution in [0.25, 0.3) is 0 Å². The van der Waals surface area contributed by atoms with Gasteiger partial charge in [0.05, 0.1) is 0 Å². The minimum absolute atomic E-state index is 0.0415. The molecule has 0 saturated heterocycles. The molecule has 0 saturated carbocycles. The van der Waals surface area contributed by atoms with Crippen molar-refractivity contribution in [3.8, 4) is 0 Å². The van der Waals surface area contributed by atoms with Crippen LogP contribution < -0.4 is 5.73 Å². The second-order valence-electron chi connectivity index (χ2n) is 2.22. The minimum atomic E-state index is -1.13. The number of amides is 1. The fourth-order valence-corrected chi connectivity index (χ4v) is 0.661. The fourth-order valence-electron chi connectivity index (χ4n) is 0.661. The van der Waals surface area contributed by atoms with E-state index in [2.05, 4.69) is 5.18 Å². The van der Waals surface area contributed by atoms with Gasteiger partial charge in [0, 0.05) is 11.3 Å². The number of carbonyl (C=O) groups is 1. The number of nitrogens with zero attached hydrogens (tertiary/aromatic N) is 2. The van der Waals surface area contributed by atoms with Gasteiger partial charge in [0.2, 0.25) is 12.5 Å². The van der Waals surface area contributed by atoms with Gasteiger partial charge in [-0.1, -0.05) is 5.18 Å². The molecule has 0 aliphatic carbocycles. The van der Waals surface area contributed by atoms with Crippen LogP contribution >= 0.6 is 0 Å². The molecule has 7 heteroatoms. The van der Waals surface area contributed by atoms with Crippen LogP contribution in [0.4, 0.5) is 0 Å². The van der Waals surface area contributed by atoms with Crippen LogP contribution in [0.2, 0.25) is 0 Å². The lowest BCUT2D eigenvalue weighted by atomic mass is 10.1. The molecule has 0 rings (SSSR count). The summed E-state index contributed by atoms with van der Waals surface area (Å²) in [5, 5.41) is 12.3. The Hall–Kier alpha value is -1.53. The predicted molar refractivity (Wildman–Crippen MR) is 39.9 cm³/mol. The first-order valence-electron chi connectivity index (χ1n) is 3.31. The quantitative estimate of drug-likeness (QED) is 0.337. The third kappa shape index (κ3) is 4.31. The Kier molecular flexibility index (Phi) is 4.51. The first-order valence-corrected chi connectivity index (χ1v) is 3.31. The van der Waals surface area contributed by atoms with Crippen molar-refractivity contribution in [2.24, 2.45) is 10.9 Å². The molecule has 0 aromatic rings. The average molecular weight is 175 g/mol. The molecule has 0 bridgehead atoms. The minimum Gasteiger partial charge on any atom is -0.368 e. The Morgan fingerprint density at radius 1 is 1.67 bits per heavy atom. The van der Waals surface area contributed by atoms with Crippen LogP contribution in [0.15, 0.2) is 5.18 Å². The van der Waals surface area contributed by atoms with Crippen molar-refractivity contribution in [2.75, 3.05) is 6.54 Å². The van der Waals surface area contributed by atoms with Crippen LogP contribution in [-0.4, -0.2) is 23.4 Å². The normalized spacial score (nSPS) is 12.0. The summed E-state index contributed by atoms with van der Waals surface area (Å²) < 4.78 is 0. The van der Waals surface area contributed by atoms with E-state index in [0.717, 1.165) is 0 Å². The molecule has 0 aromatic carbocycles. The first kappa shape index (κ1) is 10.5. The summed E-state index contributed by atoms with van der Waals surface area (Å²) in [5.41, 5.74) is 4.76. The van der Waals surface area contributed by atoms with Crippen LogP contribution in [-0.2, 0) is 4.79 Å². The summed E-state index contributed by atoms with van der Waals surface area (Å²) in [6, 6.07) is -1.13. The molecule has 0 aliphatic heterocycles. The van der Waals surface area contributed by atoms with E-state index in [1.165, 1.54) is 0 Å². The average Bonchev–Trinajstić information content (AvgIpc) is 1.96. The van der Waals surface area contributed by atoms with E-state index in [-0.39, 0.29) is 19.4 Å². The molecule has 0 radical (unpaired) electrons. The number of nitroso groups, excluding NO2 is 1. The van der Waals surface area contributed by atoms with Gasteiger partial charge in [-0.2, -0.15) is 0 Å². The van der Waals surface area contributed by atoms with E-state index in [9.17, 15) is 19.8 Å². The predicted octanol–water partition coefficient (Wildman–Crippen LogP) is -0.336. The van der Waals surface area contributed by atoms with Crippen LogP contribution in [0, 0.1) is 15.0 Å². The standard InChI is InChI=1S/C5H9N3O4/c6-5(9)4(7-10)2-1-3-8(11)12/h4H,1-3H2,(H2,6,9). The van der Waals surface area contributed by atoms with E-state index in [1.54, 1.807) is 0 Å². The monoisotopic (exact) mass is 175 g/mol. The van der Waals surface area contributed by atoms with Crippen LogP contribution in [0.1, 0.15) is 12.8 Å². The number of hydrogen-bond donors (Lipinski definition) is 1. The van der Waals surface area contributed by atoms with Gasteiger partial charge in [-0.25, -0.2) is 0 Å². The molecule has 0 aliphatic rings. The fraction of sp³-hybridized carbons (Fsp3) is 0.800. The summed E-state index contributed by atoms with van der Waals surface area (Å²) in [5.74, 6) is -0.839. The van der Waals surface area contributed by atoms with Gasteiger partial charge in [0.1, 0.15) is 0 Å². The summed E-state index contributed by atoms with van der Waals surface area (Å²) in [6.07, 6.45) is 0.173. The van der Waals surface area contributed by atoms with Gasteiger partial charge in [0.15, 0.2) is 6.04 Å². The lowest BCUT2D eigenvalue weighted by molar-refractivity contribution is -0.480. The van der Waals surface area contributed by atoms with E-state index in [4.69, 9.17) is 5.73 Å². The van der Waals surface area contributed by atoms with Crippen molar-refractivity contribution in [1.82, 2.24) is 0 Å². The molecular formula is C5H9N3O4. The summed E-state index contributed by atoms with van der Waals surface area (Å²) in [6.45, 7) is -0.278. The Balaban J connectivity index is 3.66. The highest BCUT2D eigenvalue weighted by atomic mass is 16.6. The van der Waals surface area contributed by atoms with E-state index in [0.29, 0.717) is 0 Å². The Morgan fingerprint density at radius 3 is 2.58 bits per heavy atom. The molecule has 7 nitrogen and oxygen atoms in total. The smallest absolute Gasteiger partial charge is 0.245 e. The zero-order valence-corrected chi connectivity index (χ0v) is 6.30. The van der Waals surface area contributed by atoms with Crippen molar-refractivity contribution in [3.05, 3.63) is 15.0 Å². The van der Waals surface area contributed by atoms with Gasteiger partial charge in [-0.3, -0.25) is 14.9 Å². The maximum absolute atomic E-state index is 10.4. The number of hydrogen-bond acceptors (Lipinski definition) is 5. The molecule has 1 unspecified atom stereocenters. The highest BCUT2D eigenvalue weighted by Gasteiger charge is 2.15. The number of rotatable bonds is 6. The lowest BCUT2D eigenvalue weighted by Gasteiger charge is -2.00. The van der Waals surface area contributed by atoms with Crippen molar-refractivity contribution >= 4 is 5.91 Å². The van der Waals surface area contributed by atoms with Gasteiger partial charge >= 0.3 is 0 Å². The van der Waals surface area contributed by atoms with E-state index in [1.807, 2.05) is 0 Å². The van der Waals surface area contributed by atoms with Gasteiger partial charge in [-0.15, -0.1) is 4.91 Å². The summed E-state index contributed by atoms with van der Waals surface area (Å²) in [7, 11) is 0. The zero-order chi connectivity index (χ0) is 9.56. The largest absolute Gasteiger partial charge is 0.368 e. The van der Waals surface area contributed by atoms with Gasteiger partial charge < -0.3 is 5.73 Å². The molecule has 0 aromatic heterocycles. The molecule has 68 valence electrons. The van der Waals surface area contributed by atoms with Crippen LogP contribution in [0.3, 0.4) is 0 Å². The Labute approximate surface area is 68.0 Å². The highest BCUT2D eigenvalue weighted by Crippen LogP contribution is 2.00. The highest BCUT2D eigenvalue weighted by molar-refractivity contribution is 5.79. The topological polar surface area (TPSA) is 116 Å². The van der Waals surface area contributed by atoms with Gasteiger partial charge in [0.25, 0.3) is 0 Å². The second kappa shape index (κ2) is 5.16. The van der Waals surface area contributed by atoms with Crippen LogP contribution in [0.5, 0.6) is 0 Å². The van der Waals surface area contributed by atoms with Crippen molar-refractivity contribution in [2.45, 2.75) is 18.9 Å². The summed E-state index contributed by atoms with van der Waals surface area (Å²) in [4.78, 5) is 29.6. The second-order valence-corrected chi connectivity index (χ2v) is 2.22. The zero-order valence-electron chi connectivity index (χ0n) is 6.30. The molecule has 2 N–H and O–H groups in total. The molecule has 12 heavy (non-hydrogen) atoms. The van der Waals surface area contributed by atoms with Gasteiger partial charge in [-0.05, 0) is 6.42 Å². The Morgan fingerprint density at radius 2 is 2.25 bits per heavy atom. The molecule has 0 fully saturated rings. The number of carbonyl (C=O) groups excluding carboxylic acids is 1. The first-order chi connectivity index (χ1) is 5.57. The van der Waals surface area contributed by atoms with Crippen molar-refractivity contribution < 1.29 is 9.72 Å². The third-order valence-electron chi connectivity index (χ3n) is 1.27.